The average Bonchev–Trinajstić information content (AvgIpc) is 3.08. The van der Waals surface area contributed by atoms with Crippen LogP contribution in [0.4, 0.5) is 14.7 Å². The van der Waals surface area contributed by atoms with E-state index in [4.69, 9.17) is 5.26 Å². The van der Waals surface area contributed by atoms with Crippen molar-refractivity contribution in [2.45, 2.75) is 50.4 Å². The Morgan fingerprint density at radius 2 is 2.03 bits per heavy atom. The number of amides is 1. The highest BCUT2D eigenvalue weighted by Gasteiger charge is 2.57. The molecule has 2 saturated carbocycles. The van der Waals surface area contributed by atoms with Gasteiger partial charge in [0.25, 0.3) is 5.92 Å². The minimum atomic E-state index is -2.71. The largest absolute Gasteiger partial charge is 0.293 e. The van der Waals surface area contributed by atoms with Crippen LogP contribution in [0.5, 0.6) is 0 Å². The number of hydrogen-bond donors (Lipinski definition) is 1. The fourth-order valence-electron chi connectivity index (χ4n) is 5.13. The molecular formula is C21H24F2N6O. The summed E-state index contributed by atoms with van der Waals surface area (Å²) in [5.74, 6) is -3.52. The summed E-state index contributed by atoms with van der Waals surface area (Å²) in [7, 11) is 0. The van der Waals surface area contributed by atoms with E-state index >= 15 is 0 Å². The number of halogens is 2. The molecule has 0 unspecified atom stereocenters. The maximum absolute atomic E-state index is 13.0. The Morgan fingerprint density at radius 1 is 1.30 bits per heavy atom. The van der Waals surface area contributed by atoms with E-state index in [1.807, 2.05) is 18.2 Å². The Morgan fingerprint density at radius 3 is 2.70 bits per heavy atom. The maximum atomic E-state index is 13.0. The molecule has 1 amide bonds. The third kappa shape index (κ3) is 3.54. The van der Waals surface area contributed by atoms with Gasteiger partial charge in [-0.15, -0.1) is 5.10 Å². The molecule has 0 aromatic carbocycles. The second kappa shape index (κ2) is 6.98. The minimum absolute atomic E-state index is 0.162. The predicted octanol–water partition coefficient (Wildman–Crippen LogP) is 3.20. The van der Waals surface area contributed by atoms with E-state index in [2.05, 4.69) is 26.4 Å². The van der Waals surface area contributed by atoms with E-state index in [1.54, 1.807) is 4.52 Å². The Labute approximate surface area is 173 Å². The number of carbonyl (C=O) groups is 1. The van der Waals surface area contributed by atoms with Crippen LogP contribution in [0.2, 0.25) is 0 Å². The molecule has 2 aromatic heterocycles. The van der Waals surface area contributed by atoms with Crippen molar-refractivity contribution in [3.05, 3.63) is 23.9 Å². The summed E-state index contributed by atoms with van der Waals surface area (Å²) in [6.45, 7) is 2.53. The van der Waals surface area contributed by atoms with E-state index in [1.165, 1.54) is 0 Å². The highest BCUT2D eigenvalue weighted by molar-refractivity contribution is 5.89. The van der Waals surface area contributed by atoms with Crippen LogP contribution >= 0.6 is 0 Å². The molecule has 3 aliphatic rings. The molecule has 30 heavy (non-hydrogen) atoms. The highest BCUT2D eigenvalue weighted by atomic mass is 19.3. The fourth-order valence-corrected chi connectivity index (χ4v) is 5.13. The van der Waals surface area contributed by atoms with Crippen molar-refractivity contribution in [3.8, 4) is 6.07 Å². The van der Waals surface area contributed by atoms with Gasteiger partial charge >= 0.3 is 0 Å². The zero-order valence-electron chi connectivity index (χ0n) is 16.7. The van der Waals surface area contributed by atoms with E-state index in [0.717, 1.165) is 44.5 Å². The summed E-state index contributed by atoms with van der Waals surface area (Å²) in [5, 5.41) is 15.9. The lowest BCUT2D eigenvalue weighted by atomic mass is 9.65. The van der Waals surface area contributed by atoms with Gasteiger partial charge < -0.3 is 0 Å². The molecule has 1 atom stereocenters. The lowest BCUT2D eigenvalue weighted by Crippen LogP contribution is -2.57. The fraction of sp³-hybridized carbons (Fsp3) is 0.619. The number of fused-ring (bicyclic) bond motifs is 1. The average molecular weight is 414 g/mol. The van der Waals surface area contributed by atoms with Crippen molar-refractivity contribution >= 4 is 17.5 Å². The zero-order valence-corrected chi connectivity index (χ0v) is 16.7. The SMILES string of the molecule is N#CCN1CC2(CCC(c3cccc4nc(NC(=O)C[C@@H]5CC5(F)F)nn34)CC2)C1. The van der Waals surface area contributed by atoms with Gasteiger partial charge in [0.05, 0.1) is 12.6 Å². The normalized spacial score (nSPS) is 25.0. The quantitative estimate of drug-likeness (QED) is 0.760. The number of rotatable bonds is 5. The summed E-state index contributed by atoms with van der Waals surface area (Å²) < 4.78 is 27.8. The van der Waals surface area contributed by atoms with Gasteiger partial charge in [0, 0.05) is 43.5 Å². The number of nitrogens with zero attached hydrogens (tertiary/aromatic N) is 5. The van der Waals surface area contributed by atoms with Gasteiger partial charge in [0.2, 0.25) is 11.9 Å². The second-order valence-corrected chi connectivity index (χ2v) is 9.15. The van der Waals surface area contributed by atoms with Crippen LogP contribution in [0.25, 0.3) is 5.65 Å². The molecular weight excluding hydrogens is 390 g/mol. The van der Waals surface area contributed by atoms with Crippen LogP contribution in [0.1, 0.15) is 50.1 Å². The molecule has 3 fully saturated rings. The van der Waals surface area contributed by atoms with Crippen LogP contribution in [-0.2, 0) is 4.79 Å². The first-order chi connectivity index (χ1) is 14.4. The molecule has 1 N–H and O–H groups in total. The van der Waals surface area contributed by atoms with Crippen LogP contribution < -0.4 is 5.32 Å². The number of aromatic nitrogens is 3. The lowest BCUT2D eigenvalue weighted by Gasteiger charge is -2.53. The lowest BCUT2D eigenvalue weighted by molar-refractivity contribution is -0.117. The Kier molecular flexibility index (Phi) is 4.51. The maximum Gasteiger partial charge on any atom is 0.252 e. The van der Waals surface area contributed by atoms with Gasteiger partial charge in [-0.1, -0.05) is 6.07 Å². The number of alkyl halides is 2. The minimum Gasteiger partial charge on any atom is -0.293 e. The topological polar surface area (TPSA) is 86.3 Å². The number of pyridine rings is 1. The molecule has 2 aromatic rings. The standard InChI is InChI=1S/C21H24F2N6O/c22-21(23)11-15(21)10-18(30)26-19-25-17-3-1-2-16(29(17)27-19)14-4-6-20(7-5-14)12-28(13-20)9-8-24/h1-3,14-15H,4-7,9-13H2,(H,26,27,30)/t15-/m1/s1. The molecule has 3 heterocycles. The molecule has 9 heteroatoms. The summed E-state index contributed by atoms with van der Waals surface area (Å²) in [4.78, 5) is 18.6. The molecule has 1 saturated heterocycles. The smallest absolute Gasteiger partial charge is 0.252 e. The number of carbonyl (C=O) groups excluding carboxylic acids is 1. The van der Waals surface area contributed by atoms with Crippen LogP contribution in [-0.4, -0.2) is 51.0 Å². The van der Waals surface area contributed by atoms with Gasteiger partial charge in [-0.3, -0.25) is 15.0 Å². The van der Waals surface area contributed by atoms with Crippen LogP contribution in [0, 0.1) is 22.7 Å². The summed E-state index contributed by atoms with van der Waals surface area (Å²) >= 11 is 0. The number of nitrogens with one attached hydrogen (secondary N) is 1. The van der Waals surface area contributed by atoms with Gasteiger partial charge in [-0.25, -0.2) is 13.3 Å². The molecule has 0 radical (unpaired) electrons. The first-order valence-corrected chi connectivity index (χ1v) is 10.5. The number of nitriles is 1. The van der Waals surface area contributed by atoms with Crippen LogP contribution in [0.3, 0.4) is 0 Å². The van der Waals surface area contributed by atoms with E-state index in [0.29, 0.717) is 23.5 Å². The third-order valence-corrected chi connectivity index (χ3v) is 6.90. The first kappa shape index (κ1) is 19.4. The number of anilines is 1. The molecule has 7 nitrogen and oxygen atoms in total. The summed E-state index contributed by atoms with van der Waals surface area (Å²) in [5.41, 5.74) is 2.06. The van der Waals surface area contributed by atoms with Gasteiger partial charge in [0.1, 0.15) is 0 Å². The molecule has 5 rings (SSSR count). The number of hydrogen-bond acceptors (Lipinski definition) is 5. The summed E-state index contributed by atoms with van der Waals surface area (Å²) in [6, 6.07) is 8.04. The van der Waals surface area contributed by atoms with E-state index < -0.39 is 17.7 Å². The summed E-state index contributed by atoms with van der Waals surface area (Å²) in [6.07, 6.45) is 3.94. The third-order valence-electron chi connectivity index (χ3n) is 6.90. The van der Waals surface area contributed by atoms with Crippen molar-refractivity contribution in [1.29, 1.82) is 5.26 Å². The predicted molar refractivity (Wildman–Crippen MR) is 105 cm³/mol. The molecule has 1 aliphatic heterocycles. The Bertz CT molecular complexity index is 1010. The Hall–Kier alpha value is -2.60. The molecule has 158 valence electrons. The molecule has 2 aliphatic carbocycles. The van der Waals surface area contributed by atoms with Crippen molar-refractivity contribution in [2.75, 3.05) is 25.0 Å². The van der Waals surface area contributed by atoms with E-state index in [9.17, 15) is 13.6 Å². The van der Waals surface area contributed by atoms with Crippen molar-refractivity contribution in [2.24, 2.45) is 11.3 Å². The Balaban J connectivity index is 1.25. The van der Waals surface area contributed by atoms with Crippen LogP contribution in [0.15, 0.2) is 18.2 Å². The second-order valence-electron chi connectivity index (χ2n) is 9.15. The zero-order chi connectivity index (χ0) is 20.9. The highest BCUT2D eigenvalue weighted by Crippen LogP contribution is 2.50. The van der Waals surface area contributed by atoms with Gasteiger partial charge in [-0.05, 0) is 43.2 Å². The molecule has 0 bridgehead atoms. The molecule has 1 spiro atoms. The first-order valence-electron chi connectivity index (χ1n) is 10.5. The van der Waals surface area contributed by atoms with Crippen molar-refractivity contribution in [3.63, 3.8) is 0 Å². The van der Waals surface area contributed by atoms with Gasteiger partial charge in [0.15, 0.2) is 5.65 Å². The van der Waals surface area contributed by atoms with E-state index in [-0.39, 0.29) is 18.8 Å². The number of likely N-dealkylation sites (tertiary alicyclic amines) is 1. The van der Waals surface area contributed by atoms with Crippen molar-refractivity contribution in [1.82, 2.24) is 19.5 Å². The monoisotopic (exact) mass is 414 g/mol. The van der Waals surface area contributed by atoms with Gasteiger partial charge in [-0.2, -0.15) is 10.2 Å². The van der Waals surface area contributed by atoms with Crippen molar-refractivity contribution < 1.29 is 13.6 Å².